The maximum absolute atomic E-state index is 12.3. The number of sulfone groups is 1. The molecule has 0 saturated carbocycles. The monoisotopic (exact) mass is 340 g/mol. The number of amides is 2. The average molecular weight is 340 g/mol. The van der Waals surface area contributed by atoms with Crippen molar-refractivity contribution in [1.29, 1.82) is 0 Å². The third-order valence-electron chi connectivity index (χ3n) is 4.13. The topological polar surface area (TPSA) is 84.9 Å². The summed E-state index contributed by atoms with van der Waals surface area (Å²) in [6.45, 7) is 2.90. The lowest BCUT2D eigenvalue weighted by atomic mass is 10.2. The molecule has 1 unspecified atom stereocenters. The predicted molar refractivity (Wildman–Crippen MR) is 84.2 cm³/mol. The third-order valence-corrected chi connectivity index (χ3v) is 5.88. The molecule has 1 atom stereocenters. The van der Waals surface area contributed by atoms with Crippen molar-refractivity contribution < 1.29 is 22.7 Å². The minimum absolute atomic E-state index is 0.0539. The molecule has 1 aromatic rings. The molecule has 0 spiro atoms. The van der Waals surface area contributed by atoms with Crippen molar-refractivity contribution in [3.8, 4) is 11.5 Å². The second-order valence-corrected chi connectivity index (χ2v) is 7.92. The van der Waals surface area contributed by atoms with Crippen molar-refractivity contribution >= 4 is 15.9 Å². The summed E-state index contributed by atoms with van der Waals surface area (Å²) in [5, 5.41) is 2.84. The number of rotatable bonds is 4. The Balaban J connectivity index is 1.59. The zero-order valence-electron chi connectivity index (χ0n) is 12.9. The zero-order chi connectivity index (χ0) is 16.4. The molecule has 2 aliphatic rings. The number of urea groups is 1. The molecule has 1 aromatic carbocycles. The number of hydrogen-bond acceptors (Lipinski definition) is 5. The molecule has 1 saturated heterocycles. The van der Waals surface area contributed by atoms with Crippen LogP contribution in [-0.2, 0) is 16.4 Å². The number of benzene rings is 1. The van der Waals surface area contributed by atoms with E-state index in [4.69, 9.17) is 9.47 Å². The Kier molecular flexibility index (Phi) is 4.34. The van der Waals surface area contributed by atoms with E-state index in [0.29, 0.717) is 31.0 Å². The Morgan fingerprint density at radius 1 is 1.35 bits per heavy atom. The third kappa shape index (κ3) is 3.52. The first kappa shape index (κ1) is 15.9. The molecule has 3 rings (SSSR count). The van der Waals surface area contributed by atoms with Crippen molar-refractivity contribution in [3.63, 3.8) is 0 Å². The van der Waals surface area contributed by atoms with E-state index in [2.05, 4.69) is 5.32 Å². The first-order valence-electron chi connectivity index (χ1n) is 7.62. The summed E-state index contributed by atoms with van der Waals surface area (Å²) in [6, 6.07) is 5.03. The average Bonchev–Trinajstić information content (AvgIpc) is 3.11. The smallest absolute Gasteiger partial charge is 0.317 e. The number of nitrogens with zero attached hydrogens (tertiary/aromatic N) is 1. The van der Waals surface area contributed by atoms with Gasteiger partial charge in [0.1, 0.15) is 0 Å². The van der Waals surface area contributed by atoms with E-state index in [1.165, 1.54) is 0 Å². The van der Waals surface area contributed by atoms with Crippen molar-refractivity contribution in [1.82, 2.24) is 10.2 Å². The highest BCUT2D eigenvalue weighted by Crippen LogP contribution is 2.32. The first-order chi connectivity index (χ1) is 11.0. The van der Waals surface area contributed by atoms with E-state index in [9.17, 15) is 13.2 Å². The van der Waals surface area contributed by atoms with Gasteiger partial charge in [0.25, 0.3) is 0 Å². The van der Waals surface area contributed by atoms with E-state index in [0.717, 1.165) is 5.56 Å². The van der Waals surface area contributed by atoms with E-state index >= 15 is 0 Å². The van der Waals surface area contributed by atoms with E-state index in [1.807, 2.05) is 25.1 Å². The summed E-state index contributed by atoms with van der Waals surface area (Å²) >= 11 is 0. The van der Waals surface area contributed by atoms with E-state index < -0.39 is 9.84 Å². The van der Waals surface area contributed by atoms with Crippen LogP contribution in [0.5, 0.6) is 11.5 Å². The van der Waals surface area contributed by atoms with Gasteiger partial charge in [0.15, 0.2) is 21.3 Å². The van der Waals surface area contributed by atoms with Crippen LogP contribution in [0.15, 0.2) is 18.2 Å². The molecule has 1 fully saturated rings. The van der Waals surface area contributed by atoms with Gasteiger partial charge < -0.3 is 19.7 Å². The molecule has 2 heterocycles. The number of carbonyl (C=O) groups is 1. The first-order valence-corrected chi connectivity index (χ1v) is 9.44. The van der Waals surface area contributed by atoms with Crippen LogP contribution in [0.2, 0.25) is 0 Å². The van der Waals surface area contributed by atoms with Gasteiger partial charge in [0.2, 0.25) is 6.79 Å². The fourth-order valence-corrected chi connectivity index (χ4v) is 4.65. The quantitative estimate of drug-likeness (QED) is 0.888. The highest BCUT2D eigenvalue weighted by molar-refractivity contribution is 7.91. The molecular formula is C15H20N2O5S. The Morgan fingerprint density at radius 3 is 2.83 bits per heavy atom. The van der Waals surface area contributed by atoms with Crippen LogP contribution in [0, 0.1) is 0 Å². The van der Waals surface area contributed by atoms with Gasteiger partial charge in [0.05, 0.1) is 11.5 Å². The Morgan fingerprint density at radius 2 is 2.13 bits per heavy atom. The normalized spacial score (nSPS) is 21.2. The van der Waals surface area contributed by atoms with Crippen LogP contribution < -0.4 is 14.8 Å². The molecule has 7 nitrogen and oxygen atoms in total. The summed E-state index contributed by atoms with van der Waals surface area (Å²) in [4.78, 5) is 13.9. The van der Waals surface area contributed by atoms with Crippen LogP contribution in [0.25, 0.3) is 0 Å². The number of hydrogen-bond donors (Lipinski definition) is 1. The van der Waals surface area contributed by atoms with Gasteiger partial charge in [-0.1, -0.05) is 6.07 Å². The molecule has 2 amide bonds. The minimum atomic E-state index is -3.01. The summed E-state index contributed by atoms with van der Waals surface area (Å²) in [5.74, 6) is 1.58. The van der Waals surface area contributed by atoms with Crippen LogP contribution in [0.1, 0.15) is 18.9 Å². The molecule has 23 heavy (non-hydrogen) atoms. The summed E-state index contributed by atoms with van der Waals surface area (Å²) in [6.07, 6.45) is 0.508. The number of fused-ring (bicyclic) bond motifs is 1. The molecule has 126 valence electrons. The Hall–Kier alpha value is -1.96. The van der Waals surface area contributed by atoms with Gasteiger partial charge in [0, 0.05) is 19.1 Å². The van der Waals surface area contributed by atoms with Crippen molar-refractivity contribution in [2.45, 2.75) is 25.9 Å². The maximum atomic E-state index is 12.3. The molecule has 1 N–H and O–H groups in total. The maximum Gasteiger partial charge on any atom is 0.317 e. The molecule has 0 radical (unpaired) electrons. The summed E-state index contributed by atoms with van der Waals surface area (Å²) in [7, 11) is -3.01. The summed E-state index contributed by atoms with van der Waals surface area (Å²) in [5.41, 5.74) is 0.901. The van der Waals surface area contributed by atoms with Gasteiger partial charge in [-0.25, -0.2) is 13.2 Å². The van der Waals surface area contributed by atoms with Gasteiger partial charge in [-0.15, -0.1) is 0 Å². The number of ether oxygens (including phenoxy) is 2. The molecule has 0 aliphatic carbocycles. The van der Waals surface area contributed by atoms with Gasteiger partial charge >= 0.3 is 6.03 Å². The molecular weight excluding hydrogens is 320 g/mol. The lowest BCUT2D eigenvalue weighted by Gasteiger charge is -2.27. The van der Waals surface area contributed by atoms with Gasteiger partial charge in [-0.05, 0) is 31.0 Å². The Labute approximate surface area is 135 Å². The van der Waals surface area contributed by atoms with Crippen LogP contribution in [0.4, 0.5) is 4.79 Å². The predicted octanol–water partition coefficient (Wildman–Crippen LogP) is 1.13. The molecule has 0 aromatic heterocycles. The van der Waals surface area contributed by atoms with Gasteiger partial charge in [-0.3, -0.25) is 0 Å². The molecule has 2 aliphatic heterocycles. The zero-order valence-corrected chi connectivity index (χ0v) is 13.8. The Bertz CT molecular complexity index is 704. The fourth-order valence-electron chi connectivity index (χ4n) is 2.92. The van der Waals surface area contributed by atoms with Gasteiger partial charge in [-0.2, -0.15) is 0 Å². The van der Waals surface area contributed by atoms with E-state index in [-0.39, 0.29) is 30.4 Å². The highest BCUT2D eigenvalue weighted by Gasteiger charge is 2.33. The second kappa shape index (κ2) is 6.27. The molecule has 0 bridgehead atoms. The SMILES string of the molecule is CCN(C(=O)NCc1ccc2c(c1)OCO2)C1CCS(=O)(=O)C1. The number of carbonyl (C=O) groups excluding carboxylic acids is 1. The van der Waals surface area contributed by atoms with Crippen LogP contribution in [0.3, 0.4) is 0 Å². The lowest BCUT2D eigenvalue weighted by molar-refractivity contribution is 0.174. The standard InChI is InChI=1S/C15H20N2O5S/c1-2-17(12-5-6-23(19,20)9-12)15(18)16-8-11-3-4-13-14(7-11)22-10-21-13/h3-4,7,12H,2,5-6,8-10H2,1H3,(H,16,18). The largest absolute Gasteiger partial charge is 0.454 e. The number of nitrogens with one attached hydrogen (secondary N) is 1. The highest BCUT2D eigenvalue weighted by atomic mass is 32.2. The minimum Gasteiger partial charge on any atom is -0.454 e. The van der Waals surface area contributed by atoms with Crippen molar-refractivity contribution in [2.75, 3.05) is 24.8 Å². The van der Waals surface area contributed by atoms with Crippen LogP contribution >= 0.6 is 0 Å². The van der Waals surface area contributed by atoms with E-state index in [1.54, 1.807) is 4.90 Å². The molecule has 8 heteroatoms. The lowest BCUT2D eigenvalue weighted by Crippen LogP contribution is -2.46. The van der Waals surface area contributed by atoms with Crippen molar-refractivity contribution in [2.24, 2.45) is 0 Å². The summed E-state index contributed by atoms with van der Waals surface area (Å²) < 4.78 is 33.7. The van der Waals surface area contributed by atoms with Crippen molar-refractivity contribution in [3.05, 3.63) is 23.8 Å². The second-order valence-electron chi connectivity index (χ2n) is 5.69. The fraction of sp³-hybridized carbons (Fsp3) is 0.533. The van der Waals surface area contributed by atoms with Crippen LogP contribution in [-0.4, -0.2) is 50.2 Å².